The molecule has 1 atom stereocenters. The lowest BCUT2D eigenvalue weighted by Crippen LogP contribution is -2.44. The smallest absolute Gasteiger partial charge is 0.276 e. The van der Waals surface area contributed by atoms with Crippen LogP contribution in [0.1, 0.15) is 12.8 Å². The fourth-order valence-electron chi connectivity index (χ4n) is 2.19. The number of hydrogen-bond acceptors (Lipinski definition) is 5. The fraction of sp³-hybridized carbons (Fsp3) is 0.429. The zero-order chi connectivity index (χ0) is 16.0. The van der Waals surface area contributed by atoms with Crippen molar-refractivity contribution in [3.63, 3.8) is 0 Å². The van der Waals surface area contributed by atoms with Crippen LogP contribution in [0.2, 0.25) is 0 Å². The zero-order valence-electron chi connectivity index (χ0n) is 11.9. The highest BCUT2D eigenvalue weighted by Gasteiger charge is 2.29. The highest BCUT2D eigenvalue weighted by atomic mass is 32.2. The van der Waals surface area contributed by atoms with E-state index in [0.29, 0.717) is 12.2 Å². The van der Waals surface area contributed by atoms with Gasteiger partial charge in [0.05, 0.1) is 11.5 Å². The summed E-state index contributed by atoms with van der Waals surface area (Å²) >= 11 is 0. The molecule has 1 fully saturated rings. The molecule has 7 nitrogen and oxygen atoms in total. The summed E-state index contributed by atoms with van der Waals surface area (Å²) in [5.74, 6) is -0.359. The number of amides is 2. The molecule has 0 unspecified atom stereocenters. The molecule has 22 heavy (non-hydrogen) atoms. The summed E-state index contributed by atoms with van der Waals surface area (Å²) in [4.78, 5) is 23.1. The molecule has 2 amide bonds. The summed E-state index contributed by atoms with van der Waals surface area (Å²) in [6.07, 6.45) is 0.569. The number of benzene rings is 1. The van der Waals surface area contributed by atoms with Crippen molar-refractivity contribution in [2.75, 3.05) is 18.1 Å². The van der Waals surface area contributed by atoms with Gasteiger partial charge in [0.2, 0.25) is 5.91 Å². The van der Waals surface area contributed by atoms with E-state index in [2.05, 4.69) is 10.9 Å². The number of carbonyl (C=O) groups excluding carboxylic acids is 2. The van der Waals surface area contributed by atoms with Crippen LogP contribution in [0.5, 0.6) is 5.75 Å². The Kier molecular flexibility index (Phi) is 5.37. The van der Waals surface area contributed by atoms with Gasteiger partial charge in [0.1, 0.15) is 5.75 Å². The number of hydrogen-bond donors (Lipinski definition) is 2. The second-order valence-electron chi connectivity index (χ2n) is 5.17. The van der Waals surface area contributed by atoms with Crippen molar-refractivity contribution in [3.05, 3.63) is 30.3 Å². The molecule has 0 aliphatic carbocycles. The van der Waals surface area contributed by atoms with Crippen LogP contribution in [-0.2, 0) is 19.4 Å². The lowest BCUT2D eigenvalue weighted by atomic mass is 10.1. The Morgan fingerprint density at radius 2 is 1.82 bits per heavy atom. The first-order valence-electron chi connectivity index (χ1n) is 6.90. The van der Waals surface area contributed by atoms with Gasteiger partial charge in [-0.1, -0.05) is 18.2 Å². The number of hydrazine groups is 1. The normalized spacial score (nSPS) is 19.4. The van der Waals surface area contributed by atoms with Gasteiger partial charge in [0.15, 0.2) is 16.4 Å². The van der Waals surface area contributed by atoms with Crippen molar-refractivity contribution in [2.45, 2.75) is 12.8 Å². The molecule has 1 saturated heterocycles. The van der Waals surface area contributed by atoms with Gasteiger partial charge in [-0.2, -0.15) is 0 Å². The van der Waals surface area contributed by atoms with Crippen LogP contribution in [-0.4, -0.2) is 38.3 Å². The summed E-state index contributed by atoms with van der Waals surface area (Å²) in [5.41, 5.74) is 4.49. The third-order valence-corrected chi connectivity index (χ3v) is 5.09. The molecule has 2 N–H and O–H groups in total. The van der Waals surface area contributed by atoms with E-state index in [9.17, 15) is 18.0 Å². The quantitative estimate of drug-likeness (QED) is 0.744. The number of sulfone groups is 1. The number of para-hydroxylation sites is 1. The lowest BCUT2D eigenvalue weighted by Gasteiger charge is -2.10. The first-order chi connectivity index (χ1) is 10.4. The standard InChI is InChI=1S/C14H18N2O5S/c17-13(8-11-6-7-22(19,20)10-11)15-16-14(18)9-21-12-4-2-1-3-5-12/h1-5,11H,6-10H2,(H,15,17)(H,16,18)/t11-/m1/s1. The van der Waals surface area contributed by atoms with E-state index >= 15 is 0 Å². The monoisotopic (exact) mass is 326 g/mol. The largest absolute Gasteiger partial charge is 0.484 e. The predicted octanol–water partition coefficient (Wildman–Crippen LogP) is 0.0376. The number of rotatable bonds is 5. The average Bonchev–Trinajstić information content (AvgIpc) is 2.83. The Bertz CT molecular complexity index is 630. The first-order valence-corrected chi connectivity index (χ1v) is 8.73. The van der Waals surface area contributed by atoms with E-state index in [-0.39, 0.29) is 30.5 Å². The van der Waals surface area contributed by atoms with E-state index in [0.717, 1.165) is 0 Å². The third kappa shape index (κ3) is 5.36. The Labute approximate surface area is 128 Å². The minimum absolute atomic E-state index is 0.0332. The Balaban J connectivity index is 1.65. The Hall–Kier alpha value is -2.09. The van der Waals surface area contributed by atoms with E-state index in [1.807, 2.05) is 6.07 Å². The van der Waals surface area contributed by atoms with Crippen LogP contribution in [0, 0.1) is 5.92 Å². The van der Waals surface area contributed by atoms with Crippen LogP contribution in [0.25, 0.3) is 0 Å². The minimum atomic E-state index is -3.00. The van der Waals surface area contributed by atoms with Crippen molar-refractivity contribution in [1.82, 2.24) is 10.9 Å². The Morgan fingerprint density at radius 1 is 1.14 bits per heavy atom. The van der Waals surface area contributed by atoms with Crippen molar-refractivity contribution >= 4 is 21.7 Å². The van der Waals surface area contributed by atoms with Crippen molar-refractivity contribution in [3.8, 4) is 5.75 Å². The summed E-state index contributed by atoms with van der Waals surface area (Å²) < 4.78 is 27.8. The maximum atomic E-state index is 11.6. The van der Waals surface area contributed by atoms with Gasteiger partial charge in [-0.3, -0.25) is 20.4 Å². The molecule has 2 rings (SSSR count). The molecule has 120 valence electrons. The number of carbonyl (C=O) groups is 2. The predicted molar refractivity (Wildman–Crippen MR) is 79.6 cm³/mol. The number of ether oxygens (including phenoxy) is 1. The van der Waals surface area contributed by atoms with Gasteiger partial charge in [-0.05, 0) is 24.5 Å². The number of nitrogens with one attached hydrogen (secondary N) is 2. The molecule has 1 aliphatic rings. The summed E-state index contributed by atoms with van der Waals surface area (Å²) in [7, 11) is -3.00. The van der Waals surface area contributed by atoms with Crippen LogP contribution >= 0.6 is 0 Å². The van der Waals surface area contributed by atoms with Crippen molar-refractivity contribution in [1.29, 1.82) is 0 Å². The van der Waals surface area contributed by atoms with Gasteiger partial charge in [-0.25, -0.2) is 8.42 Å². The zero-order valence-corrected chi connectivity index (χ0v) is 12.8. The van der Waals surface area contributed by atoms with Gasteiger partial charge < -0.3 is 4.74 Å². The van der Waals surface area contributed by atoms with Crippen molar-refractivity contribution < 1.29 is 22.7 Å². The molecular formula is C14H18N2O5S. The highest BCUT2D eigenvalue weighted by Crippen LogP contribution is 2.21. The molecule has 1 aromatic carbocycles. The Morgan fingerprint density at radius 3 is 2.45 bits per heavy atom. The van der Waals surface area contributed by atoms with E-state index in [1.54, 1.807) is 24.3 Å². The van der Waals surface area contributed by atoms with Gasteiger partial charge in [0, 0.05) is 6.42 Å². The molecule has 0 radical (unpaired) electrons. The molecule has 8 heteroatoms. The molecular weight excluding hydrogens is 308 g/mol. The highest BCUT2D eigenvalue weighted by molar-refractivity contribution is 7.91. The third-order valence-electron chi connectivity index (χ3n) is 3.26. The van der Waals surface area contributed by atoms with E-state index in [4.69, 9.17) is 4.74 Å². The summed E-state index contributed by atoms with van der Waals surface area (Å²) in [6.45, 7) is -0.220. The first kappa shape index (κ1) is 16.3. The molecule has 0 saturated carbocycles. The molecule has 1 heterocycles. The van der Waals surface area contributed by atoms with Gasteiger partial charge in [-0.15, -0.1) is 0 Å². The topological polar surface area (TPSA) is 102 Å². The van der Waals surface area contributed by atoms with Crippen LogP contribution in [0.3, 0.4) is 0 Å². The summed E-state index contributed by atoms with van der Waals surface area (Å²) in [5, 5.41) is 0. The molecule has 1 aliphatic heterocycles. The second kappa shape index (κ2) is 7.26. The maximum Gasteiger partial charge on any atom is 0.276 e. The van der Waals surface area contributed by atoms with Crippen molar-refractivity contribution in [2.24, 2.45) is 5.92 Å². The maximum absolute atomic E-state index is 11.6. The minimum Gasteiger partial charge on any atom is -0.484 e. The van der Waals surface area contributed by atoms with E-state index in [1.165, 1.54) is 0 Å². The van der Waals surface area contributed by atoms with Crippen LogP contribution < -0.4 is 15.6 Å². The van der Waals surface area contributed by atoms with Gasteiger partial charge >= 0.3 is 0 Å². The van der Waals surface area contributed by atoms with E-state index < -0.39 is 21.7 Å². The average molecular weight is 326 g/mol. The van der Waals surface area contributed by atoms with Crippen LogP contribution in [0.4, 0.5) is 0 Å². The molecule has 0 bridgehead atoms. The van der Waals surface area contributed by atoms with Crippen LogP contribution in [0.15, 0.2) is 30.3 Å². The second-order valence-corrected chi connectivity index (χ2v) is 7.40. The molecule has 0 aromatic heterocycles. The SMILES string of the molecule is O=C(COc1ccccc1)NNC(=O)C[C@H]1CCS(=O)(=O)C1. The van der Waals surface area contributed by atoms with Gasteiger partial charge in [0.25, 0.3) is 5.91 Å². The molecule has 0 spiro atoms. The summed E-state index contributed by atoms with van der Waals surface area (Å²) in [6, 6.07) is 8.82. The fourth-order valence-corrected chi connectivity index (χ4v) is 4.05. The lowest BCUT2D eigenvalue weighted by molar-refractivity contribution is -0.130. The molecule has 1 aromatic rings.